The van der Waals surface area contributed by atoms with E-state index in [4.69, 9.17) is 4.52 Å². The summed E-state index contributed by atoms with van der Waals surface area (Å²) >= 11 is 0. The first-order valence-corrected chi connectivity index (χ1v) is 8.09. The van der Waals surface area contributed by atoms with E-state index in [-0.39, 0.29) is 17.4 Å². The second-order valence-electron chi connectivity index (χ2n) is 5.73. The van der Waals surface area contributed by atoms with Crippen molar-refractivity contribution in [1.82, 2.24) is 20.4 Å². The Balaban J connectivity index is 1.64. The minimum atomic E-state index is -0.355. The van der Waals surface area contributed by atoms with Gasteiger partial charge in [0.15, 0.2) is 5.82 Å². The molecule has 7 nitrogen and oxygen atoms in total. The third-order valence-corrected chi connectivity index (χ3v) is 3.59. The van der Waals surface area contributed by atoms with Crippen molar-refractivity contribution in [3.63, 3.8) is 0 Å². The van der Waals surface area contributed by atoms with E-state index in [1.165, 1.54) is 12.1 Å². The number of aryl methyl sites for hydroxylation is 2. The molecule has 0 atom stereocenters. The van der Waals surface area contributed by atoms with Crippen molar-refractivity contribution in [3.8, 4) is 0 Å². The van der Waals surface area contributed by atoms with Gasteiger partial charge in [0.05, 0.1) is 0 Å². The lowest BCUT2D eigenvalue weighted by atomic mass is 10.1. The van der Waals surface area contributed by atoms with Crippen molar-refractivity contribution < 1.29 is 13.7 Å². The summed E-state index contributed by atoms with van der Waals surface area (Å²) in [5.74, 6) is 1.38. The van der Waals surface area contributed by atoms with Gasteiger partial charge < -0.3 is 15.2 Å². The van der Waals surface area contributed by atoms with Crippen molar-refractivity contribution in [2.75, 3.05) is 11.9 Å². The molecular formula is C18H18FN5O2. The van der Waals surface area contributed by atoms with Crippen molar-refractivity contribution in [1.29, 1.82) is 0 Å². The molecule has 3 rings (SSSR count). The zero-order chi connectivity index (χ0) is 18.5. The third kappa shape index (κ3) is 4.41. The van der Waals surface area contributed by atoms with Crippen molar-refractivity contribution >= 4 is 17.5 Å². The molecule has 26 heavy (non-hydrogen) atoms. The van der Waals surface area contributed by atoms with Crippen LogP contribution in [0.4, 0.5) is 16.0 Å². The van der Waals surface area contributed by atoms with Gasteiger partial charge in [-0.2, -0.15) is 0 Å². The van der Waals surface area contributed by atoms with E-state index in [0.29, 0.717) is 41.7 Å². The predicted molar refractivity (Wildman–Crippen MR) is 93.7 cm³/mol. The van der Waals surface area contributed by atoms with E-state index >= 15 is 0 Å². The molecule has 1 aromatic carbocycles. The summed E-state index contributed by atoms with van der Waals surface area (Å²) in [5.41, 5.74) is 0.768. The Kier molecular flexibility index (Phi) is 5.21. The lowest BCUT2D eigenvalue weighted by Gasteiger charge is -2.08. The molecule has 0 spiro atoms. The third-order valence-electron chi connectivity index (χ3n) is 3.59. The molecule has 2 N–H and O–H groups in total. The highest BCUT2D eigenvalue weighted by molar-refractivity contribution is 5.93. The average Bonchev–Trinajstić information content (AvgIpc) is 3.00. The quantitative estimate of drug-likeness (QED) is 0.706. The summed E-state index contributed by atoms with van der Waals surface area (Å²) < 4.78 is 18.6. The Morgan fingerprint density at radius 1 is 1.15 bits per heavy atom. The van der Waals surface area contributed by atoms with Crippen molar-refractivity contribution in [2.24, 2.45) is 0 Å². The van der Waals surface area contributed by atoms with Crippen LogP contribution in [-0.4, -0.2) is 27.6 Å². The van der Waals surface area contributed by atoms with E-state index in [2.05, 4.69) is 25.8 Å². The Morgan fingerprint density at radius 2 is 1.96 bits per heavy atom. The largest absolute Gasteiger partial charge is 0.360 e. The lowest BCUT2D eigenvalue weighted by Crippen LogP contribution is -2.27. The number of carbonyl (C=O) groups is 1. The van der Waals surface area contributed by atoms with Gasteiger partial charge in [-0.15, -0.1) is 0 Å². The Labute approximate surface area is 149 Å². The van der Waals surface area contributed by atoms with Gasteiger partial charge in [0.2, 0.25) is 0 Å². The number of amides is 1. The Bertz CT molecular complexity index is 925. The summed E-state index contributed by atoms with van der Waals surface area (Å²) in [6.45, 7) is 3.77. The molecule has 0 aliphatic carbocycles. The fraction of sp³-hybridized carbons (Fsp3) is 0.222. The number of hydrogen-bond acceptors (Lipinski definition) is 6. The Hall–Kier alpha value is -3.29. The summed E-state index contributed by atoms with van der Waals surface area (Å²) in [6, 6.07) is 9.72. The molecular weight excluding hydrogens is 337 g/mol. The zero-order valence-electron chi connectivity index (χ0n) is 14.4. The average molecular weight is 355 g/mol. The van der Waals surface area contributed by atoms with E-state index in [9.17, 15) is 9.18 Å². The van der Waals surface area contributed by atoms with Gasteiger partial charge in [-0.05, 0) is 31.9 Å². The molecule has 0 aliphatic heterocycles. The molecule has 0 fully saturated rings. The van der Waals surface area contributed by atoms with Gasteiger partial charge in [-0.3, -0.25) is 4.79 Å². The molecule has 0 saturated carbocycles. The standard InChI is InChI=1S/C18H18FN5O2/c1-11-9-17(24-26-11)23-16-10-15(21-12(2)22-16)18(25)20-8-7-13-5-3-4-6-14(13)19/h3-6,9-10H,7-8H2,1-2H3,(H,20,25)(H,21,22,23,24). The number of aromatic nitrogens is 3. The predicted octanol–water partition coefficient (Wildman–Crippen LogP) is 2.94. The first kappa shape index (κ1) is 17.5. The SMILES string of the molecule is Cc1nc(Nc2cc(C)on2)cc(C(=O)NCCc2ccccc2F)n1. The normalized spacial score (nSPS) is 10.6. The van der Waals surface area contributed by atoms with Crippen LogP contribution in [0.1, 0.15) is 27.6 Å². The zero-order valence-corrected chi connectivity index (χ0v) is 14.4. The van der Waals surface area contributed by atoms with Crippen molar-refractivity contribution in [2.45, 2.75) is 20.3 Å². The van der Waals surface area contributed by atoms with Crippen LogP contribution in [0.25, 0.3) is 0 Å². The number of nitrogens with zero attached hydrogens (tertiary/aromatic N) is 3. The smallest absolute Gasteiger partial charge is 0.270 e. The van der Waals surface area contributed by atoms with Gasteiger partial charge in [0.25, 0.3) is 5.91 Å². The topological polar surface area (TPSA) is 92.9 Å². The van der Waals surface area contributed by atoms with Crippen LogP contribution in [0.2, 0.25) is 0 Å². The molecule has 2 aromatic heterocycles. The molecule has 134 valence electrons. The van der Waals surface area contributed by atoms with E-state index in [1.807, 2.05) is 0 Å². The van der Waals surface area contributed by atoms with Crippen LogP contribution in [0.15, 0.2) is 40.9 Å². The van der Waals surface area contributed by atoms with Gasteiger partial charge in [-0.1, -0.05) is 23.4 Å². The number of benzene rings is 1. The van der Waals surface area contributed by atoms with Crippen LogP contribution >= 0.6 is 0 Å². The van der Waals surface area contributed by atoms with Gasteiger partial charge in [0, 0.05) is 18.7 Å². The van der Waals surface area contributed by atoms with E-state index < -0.39 is 0 Å². The molecule has 0 aliphatic rings. The first-order valence-electron chi connectivity index (χ1n) is 8.09. The van der Waals surface area contributed by atoms with Crippen LogP contribution in [0, 0.1) is 19.7 Å². The highest BCUT2D eigenvalue weighted by Crippen LogP contribution is 2.15. The maximum atomic E-state index is 13.6. The molecule has 8 heteroatoms. The number of anilines is 2. The molecule has 3 aromatic rings. The van der Waals surface area contributed by atoms with Crippen LogP contribution < -0.4 is 10.6 Å². The number of halogens is 1. The van der Waals surface area contributed by atoms with E-state index in [1.54, 1.807) is 38.1 Å². The molecule has 0 bridgehead atoms. The Morgan fingerprint density at radius 3 is 2.69 bits per heavy atom. The van der Waals surface area contributed by atoms with Crippen LogP contribution in [0.5, 0.6) is 0 Å². The number of carbonyl (C=O) groups excluding carboxylic acids is 1. The molecule has 0 unspecified atom stereocenters. The highest BCUT2D eigenvalue weighted by atomic mass is 19.1. The molecule has 2 heterocycles. The van der Waals surface area contributed by atoms with Gasteiger partial charge in [-0.25, -0.2) is 14.4 Å². The fourth-order valence-electron chi connectivity index (χ4n) is 2.41. The maximum absolute atomic E-state index is 13.6. The minimum absolute atomic E-state index is 0.216. The minimum Gasteiger partial charge on any atom is -0.360 e. The fourth-order valence-corrected chi connectivity index (χ4v) is 2.41. The maximum Gasteiger partial charge on any atom is 0.270 e. The van der Waals surface area contributed by atoms with Crippen molar-refractivity contribution in [3.05, 3.63) is 65.1 Å². The van der Waals surface area contributed by atoms with Crippen LogP contribution in [0.3, 0.4) is 0 Å². The number of rotatable bonds is 6. The molecule has 0 saturated heterocycles. The highest BCUT2D eigenvalue weighted by Gasteiger charge is 2.12. The summed E-state index contributed by atoms with van der Waals surface area (Å²) in [5, 5.41) is 9.53. The van der Waals surface area contributed by atoms with E-state index in [0.717, 1.165) is 0 Å². The molecule has 1 amide bonds. The van der Waals surface area contributed by atoms with Crippen LogP contribution in [-0.2, 0) is 6.42 Å². The summed E-state index contributed by atoms with van der Waals surface area (Å²) in [6.07, 6.45) is 0.395. The second-order valence-corrected chi connectivity index (χ2v) is 5.73. The number of hydrogen-bond donors (Lipinski definition) is 2. The monoisotopic (exact) mass is 355 g/mol. The summed E-state index contributed by atoms with van der Waals surface area (Å²) in [4.78, 5) is 20.7. The summed E-state index contributed by atoms with van der Waals surface area (Å²) in [7, 11) is 0. The van der Waals surface area contributed by atoms with Gasteiger partial charge >= 0.3 is 0 Å². The molecule has 0 radical (unpaired) electrons. The lowest BCUT2D eigenvalue weighted by molar-refractivity contribution is 0.0948. The first-order chi connectivity index (χ1) is 12.5. The van der Waals surface area contributed by atoms with Gasteiger partial charge in [0.1, 0.15) is 28.9 Å². The number of nitrogens with one attached hydrogen (secondary N) is 2. The second kappa shape index (κ2) is 7.73.